The molecule has 0 bridgehead atoms. The molecule has 0 saturated heterocycles. The van der Waals surface area contributed by atoms with Crippen molar-refractivity contribution >= 4 is 0 Å². The van der Waals surface area contributed by atoms with Crippen molar-refractivity contribution in [2.75, 3.05) is 0 Å². The third-order valence-electron chi connectivity index (χ3n) is 6.28. The molecule has 1 radical (unpaired) electrons. The van der Waals surface area contributed by atoms with Crippen LogP contribution in [-0.2, 0) is 74.8 Å². The van der Waals surface area contributed by atoms with E-state index in [2.05, 4.69) is 20.4 Å². The average Bonchev–Trinajstić information content (AvgIpc) is 3.33. The van der Waals surface area contributed by atoms with Gasteiger partial charge in [0, 0.05) is 53.8 Å². The van der Waals surface area contributed by atoms with E-state index in [0.717, 1.165) is 17.3 Å². The Hall–Kier alpha value is 2.22. The molecule has 4 aliphatic carbocycles. The maximum atomic E-state index is 3.91. The van der Waals surface area contributed by atoms with Gasteiger partial charge in [-0.3, -0.25) is 0 Å². The molecule has 0 N–H and O–H groups in total. The van der Waals surface area contributed by atoms with E-state index in [9.17, 15) is 0 Å². The van der Waals surface area contributed by atoms with Gasteiger partial charge in [-0.2, -0.15) is 0 Å². The van der Waals surface area contributed by atoms with Gasteiger partial charge in [0.15, 0.2) is 0 Å². The van der Waals surface area contributed by atoms with Crippen LogP contribution in [0, 0.1) is 32.1 Å². The molecule has 0 amide bonds. The van der Waals surface area contributed by atoms with Crippen molar-refractivity contribution in [3.63, 3.8) is 0 Å². The first-order chi connectivity index (χ1) is 11.6. The second-order valence-corrected chi connectivity index (χ2v) is 9.06. The Morgan fingerprint density at radius 1 is 0.690 bits per heavy atom. The van der Waals surface area contributed by atoms with Gasteiger partial charge >= 0.3 is 21.1 Å². The van der Waals surface area contributed by atoms with Crippen LogP contribution in [0.3, 0.4) is 0 Å². The van der Waals surface area contributed by atoms with Crippen LogP contribution in [0.4, 0.5) is 0 Å². The van der Waals surface area contributed by atoms with Crippen LogP contribution >= 0.6 is 0 Å². The molecule has 171 valence electrons. The maximum Gasteiger partial charge on any atom is 2.00 e. The van der Waals surface area contributed by atoms with E-state index in [1.54, 1.807) is 25.7 Å². The Balaban J connectivity index is -0.0000000914. The Morgan fingerprint density at radius 2 is 0.966 bits per heavy atom. The van der Waals surface area contributed by atoms with Gasteiger partial charge in [-0.15, -0.1) is 0 Å². The van der Waals surface area contributed by atoms with Gasteiger partial charge in [-0.05, 0) is 55.8 Å². The number of allylic oxidation sites excluding steroid dienone is 1. The molecule has 0 spiro atoms. The van der Waals surface area contributed by atoms with Gasteiger partial charge in [-0.25, -0.2) is 0 Å². The van der Waals surface area contributed by atoms with Crippen LogP contribution in [0.2, 0.25) is 0 Å². The molecule has 4 fully saturated rings. The van der Waals surface area contributed by atoms with Crippen LogP contribution in [0.5, 0.6) is 0 Å². The second-order valence-electron chi connectivity index (χ2n) is 9.06. The predicted octanol–water partition coefficient (Wildman–Crippen LogP) is 9.60. The zero-order chi connectivity index (χ0) is 17.8. The fourth-order valence-electron chi connectivity index (χ4n) is 4.16. The van der Waals surface area contributed by atoms with Gasteiger partial charge in [0.1, 0.15) is 0 Å². The zero-order valence-corrected chi connectivity index (χ0v) is 29.6. The summed E-state index contributed by atoms with van der Waals surface area (Å²) in [4.78, 5) is 0. The molecule has 4 rings (SSSR count). The quantitative estimate of drug-likeness (QED) is 0.169. The summed E-state index contributed by atoms with van der Waals surface area (Å²) in [6.07, 6.45) is 22.0. The van der Waals surface area contributed by atoms with Crippen molar-refractivity contribution in [3.05, 3.63) is 27.0 Å². The molecule has 29 heavy (non-hydrogen) atoms. The maximum absolute atomic E-state index is 3.91. The predicted molar refractivity (Wildman–Crippen MR) is 123 cm³/mol. The number of rotatable bonds is 0. The monoisotopic (exact) mass is 821 g/mol. The molecule has 0 aromatic carbocycles. The molecule has 0 heterocycles. The molecule has 0 unspecified atom stereocenters. The van der Waals surface area contributed by atoms with Crippen molar-refractivity contribution in [1.29, 1.82) is 0 Å². The van der Waals surface area contributed by atoms with Crippen LogP contribution < -0.4 is 0 Å². The minimum Gasteiger partial charge on any atom is -0.358 e. The summed E-state index contributed by atoms with van der Waals surface area (Å²) in [5.74, 6) is 2.31. The van der Waals surface area contributed by atoms with E-state index >= 15 is 0 Å². The summed E-state index contributed by atoms with van der Waals surface area (Å²) in [7, 11) is 0. The van der Waals surface area contributed by atoms with E-state index in [1.165, 1.54) is 76.2 Å². The molecular formula is C26H52W2Y. The van der Waals surface area contributed by atoms with Crippen molar-refractivity contribution in [3.8, 4) is 0 Å². The van der Waals surface area contributed by atoms with E-state index < -0.39 is 0 Å². The normalized spacial score (nSPS) is 24.9. The van der Waals surface area contributed by atoms with Crippen molar-refractivity contribution in [2.45, 2.75) is 124 Å². The number of fused-ring (bicyclic) bond motifs is 1. The molecule has 4 aliphatic rings. The molecule has 0 aromatic rings. The summed E-state index contributed by atoms with van der Waals surface area (Å²) < 4.78 is 0. The zero-order valence-electron chi connectivity index (χ0n) is 20.9. The first-order valence-electron chi connectivity index (χ1n) is 11.2. The minimum absolute atomic E-state index is 0. The molecular weight excluding hydrogens is 769 g/mol. The fourth-order valence-corrected chi connectivity index (χ4v) is 4.16. The number of hydrogen-bond donors (Lipinski definition) is 0. The first-order valence-corrected chi connectivity index (χ1v) is 11.2. The Kier molecular flexibility index (Phi) is 35.5. The van der Waals surface area contributed by atoms with Crippen molar-refractivity contribution < 1.29 is 74.8 Å². The minimum atomic E-state index is 0. The Morgan fingerprint density at radius 3 is 1.14 bits per heavy atom. The third kappa shape index (κ3) is 21.8. The molecule has 0 nitrogen and oxygen atoms in total. The van der Waals surface area contributed by atoms with Crippen LogP contribution in [0.25, 0.3) is 0 Å². The van der Waals surface area contributed by atoms with Gasteiger partial charge in [0.25, 0.3) is 0 Å². The summed E-state index contributed by atoms with van der Waals surface area (Å²) in [6, 6.07) is 0. The average molecular weight is 821 g/mol. The third-order valence-corrected chi connectivity index (χ3v) is 6.28. The molecule has 3 heteroatoms. The Bertz CT molecular complexity index is 302. The fraction of sp³-hybridized carbons (Fsp3) is 0.846. The smallest absolute Gasteiger partial charge is 0.358 e. The van der Waals surface area contributed by atoms with E-state index in [-0.39, 0.29) is 89.7 Å². The summed E-state index contributed by atoms with van der Waals surface area (Å²) in [5.41, 5.74) is 2.21. The van der Waals surface area contributed by atoms with Crippen molar-refractivity contribution in [1.82, 2.24) is 0 Å². The first kappa shape index (κ1) is 41.5. The second kappa shape index (κ2) is 24.9. The van der Waals surface area contributed by atoms with Gasteiger partial charge in [0.2, 0.25) is 0 Å². The molecule has 0 atom stereocenters. The van der Waals surface area contributed by atoms with Crippen LogP contribution in [-0.4, -0.2) is 0 Å². The van der Waals surface area contributed by atoms with E-state index in [1.807, 2.05) is 13.8 Å². The number of hydrogen-bond acceptors (Lipinski definition) is 0. The molecule has 0 aliphatic heterocycles. The largest absolute Gasteiger partial charge is 2.00 e. The summed E-state index contributed by atoms with van der Waals surface area (Å²) in [6.45, 7) is 12.5. The SMILES string of the molecule is C1CCC2CCCCC2C1.C=C1CCCCC1.CC.CC1(C)CC1.[CH3-].[CH3-].[W+2].[W].[Y]. The van der Waals surface area contributed by atoms with Gasteiger partial charge < -0.3 is 14.9 Å². The summed E-state index contributed by atoms with van der Waals surface area (Å²) in [5, 5.41) is 0. The standard InChI is InChI=1S/C10H18.C7H12.C5H10.C2H6.2CH3.2W.Y/c1-2-6-10-8-4-3-7-9(10)5-1;1-7-5-3-2-4-6-7;1-5(2)3-4-5;1-2;;;;;/h9-10H,1-8H2;1-6H2;3-4H2,1-2H3;1-2H3;2*1H3;;;/q;;;;2*-1;;+2;. The van der Waals surface area contributed by atoms with E-state index in [4.69, 9.17) is 0 Å². The van der Waals surface area contributed by atoms with Crippen LogP contribution in [0.15, 0.2) is 12.2 Å². The van der Waals surface area contributed by atoms with Gasteiger partial charge in [-0.1, -0.05) is 97.6 Å². The van der Waals surface area contributed by atoms with Crippen LogP contribution in [0.1, 0.15) is 124 Å². The van der Waals surface area contributed by atoms with E-state index in [0.29, 0.717) is 0 Å². The summed E-state index contributed by atoms with van der Waals surface area (Å²) >= 11 is 0. The Labute approximate surface area is 240 Å². The molecule has 4 saturated carbocycles. The topological polar surface area (TPSA) is 0 Å². The molecule has 0 aromatic heterocycles. The van der Waals surface area contributed by atoms with Crippen molar-refractivity contribution in [2.24, 2.45) is 17.3 Å². The van der Waals surface area contributed by atoms with Gasteiger partial charge in [0.05, 0.1) is 0 Å².